The Labute approximate surface area is 191 Å². The summed E-state index contributed by atoms with van der Waals surface area (Å²) in [6.45, 7) is 7.31. The van der Waals surface area contributed by atoms with Crippen LogP contribution in [0.1, 0.15) is 72.6 Å². The van der Waals surface area contributed by atoms with E-state index in [1.807, 2.05) is 19.1 Å². The summed E-state index contributed by atoms with van der Waals surface area (Å²) in [5, 5.41) is 22.0. The minimum Gasteiger partial charge on any atom is -0.455 e. The molecule has 0 aromatic heterocycles. The average molecular weight is 443 g/mol. The van der Waals surface area contributed by atoms with E-state index in [-0.39, 0.29) is 34.9 Å². The minimum atomic E-state index is -1.19. The van der Waals surface area contributed by atoms with E-state index in [4.69, 9.17) is 4.74 Å². The molecule has 0 radical (unpaired) electrons. The topological polar surface area (TPSA) is 83.8 Å². The van der Waals surface area contributed by atoms with Gasteiger partial charge < -0.3 is 14.9 Å². The highest BCUT2D eigenvalue weighted by Gasteiger charge is 2.59. The van der Waals surface area contributed by atoms with E-state index in [2.05, 4.69) is 13.0 Å². The third kappa shape index (κ3) is 3.92. The molecule has 0 aromatic rings. The van der Waals surface area contributed by atoms with Crippen molar-refractivity contribution in [3.63, 3.8) is 0 Å². The Kier molecular flexibility index (Phi) is 6.28. The highest BCUT2D eigenvalue weighted by atomic mass is 16.6. The van der Waals surface area contributed by atoms with Gasteiger partial charge in [-0.3, -0.25) is 9.59 Å². The van der Waals surface area contributed by atoms with E-state index in [0.29, 0.717) is 12.8 Å². The Hall–Kier alpha value is -1.72. The van der Waals surface area contributed by atoms with Gasteiger partial charge >= 0.3 is 5.97 Å². The van der Waals surface area contributed by atoms with Crippen LogP contribution in [0.15, 0.2) is 35.5 Å². The molecule has 32 heavy (non-hydrogen) atoms. The zero-order valence-electron chi connectivity index (χ0n) is 19.8. The van der Waals surface area contributed by atoms with Gasteiger partial charge in [0.2, 0.25) is 0 Å². The molecule has 0 aromatic carbocycles. The molecule has 0 spiro atoms. The van der Waals surface area contributed by atoms with E-state index >= 15 is 0 Å². The number of carbonyl (C=O) groups is 2. The normalized spacial score (nSPS) is 39.7. The van der Waals surface area contributed by atoms with Gasteiger partial charge in [-0.2, -0.15) is 0 Å². The number of aliphatic hydroxyl groups is 2. The van der Waals surface area contributed by atoms with Gasteiger partial charge in [-0.15, -0.1) is 0 Å². The van der Waals surface area contributed by atoms with Crippen molar-refractivity contribution < 1.29 is 24.5 Å². The number of esters is 1. The van der Waals surface area contributed by atoms with Crippen molar-refractivity contribution in [1.82, 2.24) is 0 Å². The first-order valence-corrected chi connectivity index (χ1v) is 12.2. The summed E-state index contributed by atoms with van der Waals surface area (Å²) >= 11 is 0. The molecule has 4 aliphatic carbocycles. The fraction of sp³-hybridized carbons (Fsp3) is 0.704. The smallest absolute Gasteiger partial charge is 0.303 e. The maximum absolute atomic E-state index is 13.1. The summed E-state index contributed by atoms with van der Waals surface area (Å²) in [6.07, 6.45) is 12.2. The fourth-order valence-corrected chi connectivity index (χ4v) is 7.41. The second-order valence-corrected chi connectivity index (χ2v) is 10.9. The lowest BCUT2D eigenvalue weighted by Crippen LogP contribution is -2.53. The highest BCUT2D eigenvalue weighted by Crippen LogP contribution is 2.63. The number of carbonyl (C=O) groups excluding carboxylic acids is 2. The molecule has 2 fully saturated rings. The highest BCUT2D eigenvalue weighted by molar-refractivity contribution is 5.93. The molecule has 4 aliphatic rings. The van der Waals surface area contributed by atoms with Crippen LogP contribution in [0.25, 0.3) is 0 Å². The van der Waals surface area contributed by atoms with Gasteiger partial charge in [0.15, 0.2) is 5.78 Å². The van der Waals surface area contributed by atoms with Crippen LogP contribution >= 0.6 is 0 Å². The Balaban J connectivity index is 1.68. The molecular weight excluding hydrogens is 404 g/mol. The summed E-state index contributed by atoms with van der Waals surface area (Å²) < 4.78 is 5.54. The van der Waals surface area contributed by atoms with Gasteiger partial charge in [-0.25, -0.2) is 0 Å². The number of allylic oxidation sites excluding steroid dienone is 4. The summed E-state index contributed by atoms with van der Waals surface area (Å²) in [5.41, 5.74) is 1.20. The molecule has 4 rings (SSSR count). The molecule has 0 aliphatic heterocycles. The molecule has 176 valence electrons. The van der Waals surface area contributed by atoms with Gasteiger partial charge in [-0.1, -0.05) is 30.2 Å². The monoisotopic (exact) mass is 442 g/mol. The second kappa shape index (κ2) is 8.57. The molecule has 8 unspecified atom stereocenters. The number of ketones is 1. The minimum absolute atomic E-state index is 0.0429. The average Bonchev–Trinajstić information content (AvgIpc) is 2.87. The van der Waals surface area contributed by atoms with Crippen LogP contribution in [0.4, 0.5) is 0 Å². The lowest BCUT2D eigenvalue weighted by molar-refractivity contribution is -0.168. The lowest BCUT2D eigenvalue weighted by atomic mass is 9.56. The molecule has 5 heteroatoms. The van der Waals surface area contributed by atoms with Crippen LogP contribution in [0.2, 0.25) is 0 Å². The predicted molar refractivity (Wildman–Crippen MR) is 123 cm³/mol. The molecule has 2 bridgehead atoms. The predicted octanol–water partition coefficient (Wildman–Crippen LogP) is 4.28. The number of fused-ring (bicyclic) bond motifs is 6. The maximum Gasteiger partial charge on any atom is 0.303 e. The summed E-state index contributed by atoms with van der Waals surface area (Å²) in [4.78, 5) is 24.9. The van der Waals surface area contributed by atoms with E-state index in [1.165, 1.54) is 18.1 Å². The Morgan fingerprint density at radius 3 is 2.78 bits per heavy atom. The van der Waals surface area contributed by atoms with E-state index in [0.717, 1.165) is 32.1 Å². The van der Waals surface area contributed by atoms with Crippen molar-refractivity contribution in [3.05, 3.63) is 35.5 Å². The zero-order valence-corrected chi connectivity index (χ0v) is 19.8. The standard InChI is InChI=1S/C27H38O5/c1-5-6-25(32-16(2)28)27(4,31)24-10-9-22-21-15-23(30)18-13-17(7-8-19(29)14-18)20(21)11-12-26(22,24)3/h5-7,15,18-20,22,24-25,29,31H,8-14H2,1-4H3. The molecule has 2 saturated carbocycles. The second-order valence-electron chi connectivity index (χ2n) is 10.9. The van der Waals surface area contributed by atoms with Crippen molar-refractivity contribution >= 4 is 11.8 Å². The number of rotatable bonds is 4. The van der Waals surface area contributed by atoms with E-state index < -0.39 is 23.8 Å². The Morgan fingerprint density at radius 2 is 2.09 bits per heavy atom. The number of aliphatic hydroxyl groups excluding tert-OH is 1. The Morgan fingerprint density at radius 1 is 1.34 bits per heavy atom. The van der Waals surface area contributed by atoms with Gasteiger partial charge in [0, 0.05) is 18.8 Å². The number of hydrogen-bond acceptors (Lipinski definition) is 5. The third-order valence-electron chi connectivity index (χ3n) is 8.90. The molecule has 8 atom stereocenters. The van der Waals surface area contributed by atoms with Crippen molar-refractivity contribution in [1.29, 1.82) is 0 Å². The summed E-state index contributed by atoms with van der Waals surface area (Å²) in [5.74, 6) is 0.101. The zero-order chi connectivity index (χ0) is 23.3. The number of ether oxygens (including phenoxy) is 1. The number of hydrogen-bond donors (Lipinski definition) is 2. The van der Waals surface area contributed by atoms with Crippen LogP contribution in [0.5, 0.6) is 0 Å². The van der Waals surface area contributed by atoms with E-state index in [1.54, 1.807) is 13.0 Å². The van der Waals surface area contributed by atoms with Crippen LogP contribution in [-0.4, -0.2) is 39.8 Å². The van der Waals surface area contributed by atoms with E-state index in [9.17, 15) is 19.8 Å². The first kappa shape index (κ1) is 23.4. The van der Waals surface area contributed by atoms with Crippen molar-refractivity contribution in [2.45, 2.75) is 90.4 Å². The van der Waals surface area contributed by atoms with Crippen LogP contribution in [0, 0.1) is 29.1 Å². The molecule has 0 heterocycles. The fourth-order valence-electron chi connectivity index (χ4n) is 7.41. The van der Waals surface area contributed by atoms with Crippen LogP contribution in [-0.2, 0) is 14.3 Å². The van der Waals surface area contributed by atoms with Gasteiger partial charge in [0.25, 0.3) is 0 Å². The van der Waals surface area contributed by atoms with Gasteiger partial charge in [0.1, 0.15) is 11.7 Å². The largest absolute Gasteiger partial charge is 0.455 e. The first-order chi connectivity index (χ1) is 15.1. The maximum atomic E-state index is 13.1. The van der Waals surface area contributed by atoms with Crippen LogP contribution in [0.3, 0.4) is 0 Å². The van der Waals surface area contributed by atoms with Crippen LogP contribution < -0.4 is 0 Å². The summed E-state index contributed by atoms with van der Waals surface area (Å²) in [6, 6.07) is 0. The third-order valence-corrected chi connectivity index (χ3v) is 8.90. The summed E-state index contributed by atoms with van der Waals surface area (Å²) in [7, 11) is 0. The first-order valence-electron chi connectivity index (χ1n) is 12.2. The van der Waals surface area contributed by atoms with Crippen molar-refractivity contribution in [2.24, 2.45) is 29.1 Å². The SMILES string of the molecule is CC=CC(OC(C)=O)C(C)(O)C1CCC2C3=CC(=O)C4CC(=CCC(O)C4)C3CCC21C. The van der Waals surface area contributed by atoms with Gasteiger partial charge in [0.05, 0.1) is 6.10 Å². The molecular formula is C27H38O5. The molecule has 2 N–H and O–H groups in total. The Bertz CT molecular complexity index is 865. The van der Waals surface area contributed by atoms with Gasteiger partial charge in [-0.05, 0) is 88.2 Å². The molecule has 0 saturated heterocycles. The quantitative estimate of drug-likeness (QED) is 0.501. The molecule has 5 nitrogen and oxygen atoms in total. The lowest BCUT2D eigenvalue weighted by Gasteiger charge is -2.50. The van der Waals surface area contributed by atoms with Crippen molar-refractivity contribution in [2.75, 3.05) is 0 Å². The van der Waals surface area contributed by atoms with Crippen molar-refractivity contribution in [3.8, 4) is 0 Å². The molecule has 0 amide bonds.